The number of thiol groups is 1. The van der Waals surface area contributed by atoms with Gasteiger partial charge in [0.1, 0.15) is 6.10 Å². The lowest BCUT2D eigenvalue weighted by atomic mass is 10.00. The van der Waals surface area contributed by atoms with E-state index in [0.717, 1.165) is 0 Å². The standard InChI is InChI=1S/C11H10O5S/c12-8(4-17)9(13)5-1-2-6-7(3-5)11(15)16-10(6)14/h1-3,8-9,12-13,17H,4H2. The lowest BCUT2D eigenvalue weighted by molar-refractivity contribution is 0.0336. The normalized spacial score (nSPS) is 17.6. The number of esters is 2. The molecule has 1 aliphatic heterocycles. The lowest BCUT2D eigenvalue weighted by Crippen LogP contribution is -2.20. The quantitative estimate of drug-likeness (QED) is 0.411. The van der Waals surface area contributed by atoms with E-state index in [-0.39, 0.29) is 16.9 Å². The average Bonchev–Trinajstić information content (AvgIpc) is 2.62. The van der Waals surface area contributed by atoms with Crippen LogP contribution in [0.4, 0.5) is 0 Å². The Morgan fingerprint density at radius 1 is 1.18 bits per heavy atom. The third-order valence-electron chi connectivity index (χ3n) is 2.56. The molecule has 1 aromatic carbocycles. The number of carbonyl (C=O) groups is 2. The first-order chi connectivity index (χ1) is 8.04. The third kappa shape index (κ3) is 2.06. The third-order valence-corrected chi connectivity index (χ3v) is 2.94. The van der Waals surface area contributed by atoms with Gasteiger partial charge in [-0.05, 0) is 17.7 Å². The lowest BCUT2D eigenvalue weighted by Gasteiger charge is -2.16. The summed E-state index contributed by atoms with van der Waals surface area (Å²) < 4.78 is 4.42. The molecule has 0 saturated heterocycles. The molecule has 0 fully saturated rings. The fourth-order valence-corrected chi connectivity index (χ4v) is 1.81. The summed E-state index contributed by atoms with van der Waals surface area (Å²) in [6.45, 7) is 0. The number of aliphatic hydroxyl groups excluding tert-OH is 2. The molecular formula is C11H10O5S. The highest BCUT2D eigenvalue weighted by atomic mass is 32.1. The molecule has 2 N–H and O–H groups in total. The maximum atomic E-state index is 11.3. The van der Waals surface area contributed by atoms with Gasteiger partial charge in [-0.15, -0.1) is 0 Å². The van der Waals surface area contributed by atoms with Gasteiger partial charge >= 0.3 is 11.9 Å². The van der Waals surface area contributed by atoms with E-state index < -0.39 is 24.1 Å². The topological polar surface area (TPSA) is 83.8 Å². The molecule has 2 unspecified atom stereocenters. The second-order valence-corrected chi connectivity index (χ2v) is 4.04. The molecule has 0 aliphatic carbocycles. The molecule has 90 valence electrons. The Bertz CT molecular complexity index is 485. The van der Waals surface area contributed by atoms with Gasteiger partial charge < -0.3 is 14.9 Å². The van der Waals surface area contributed by atoms with Crippen LogP contribution in [0, 0.1) is 0 Å². The molecule has 0 aromatic heterocycles. The smallest absolute Gasteiger partial charge is 0.346 e. The highest BCUT2D eigenvalue weighted by molar-refractivity contribution is 7.80. The summed E-state index contributed by atoms with van der Waals surface area (Å²) in [5.74, 6) is -1.35. The fourth-order valence-electron chi connectivity index (χ4n) is 1.61. The Morgan fingerprint density at radius 2 is 1.82 bits per heavy atom. The number of rotatable bonds is 3. The fraction of sp³-hybridized carbons (Fsp3) is 0.273. The minimum absolute atomic E-state index is 0.0849. The minimum atomic E-state index is -1.15. The van der Waals surface area contributed by atoms with Gasteiger partial charge in [0.2, 0.25) is 0 Å². The van der Waals surface area contributed by atoms with Gasteiger partial charge in [0.15, 0.2) is 0 Å². The summed E-state index contributed by atoms with van der Waals surface area (Å²) in [5, 5.41) is 19.2. The van der Waals surface area contributed by atoms with Crippen molar-refractivity contribution in [3.63, 3.8) is 0 Å². The number of benzene rings is 1. The van der Waals surface area contributed by atoms with Crippen molar-refractivity contribution in [1.82, 2.24) is 0 Å². The molecule has 6 heteroatoms. The SMILES string of the molecule is O=C1OC(=O)c2cc(C(O)C(O)CS)ccc21. The molecule has 0 spiro atoms. The molecule has 0 amide bonds. The first-order valence-corrected chi connectivity index (χ1v) is 5.55. The molecule has 0 bridgehead atoms. The van der Waals surface area contributed by atoms with Crippen molar-refractivity contribution in [3.05, 3.63) is 34.9 Å². The number of aliphatic hydroxyl groups is 2. The Labute approximate surface area is 102 Å². The second-order valence-electron chi connectivity index (χ2n) is 3.68. The summed E-state index contributed by atoms with van der Waals surface area (Å²) in [6, 6.07) is 4.21. The van der Waals surface area contributed by atoms with Crippen LogP contribution in [0.1, 0.15) is 32.4 Å². The van der Waals surface area contributed by atoms with Crippen LogP contribution in [-0.2, 0) is 4.74 Å². The highest BCUT2D eigenvalue weighted by Gasteiger charge is 2.30. The maximum Gasteiger partial charge on any atom is 0.346 e. The van der Waals surface area contributed by atoms with Crippen molar-refractivity contribution < 1.29 is 24.5 Å². The monoisotopic (exact) mass is 254 g/mol. The van der Waals surface area contributed by atoms with Crippen LogP contribution < -0.4 is 0 Å². The van der Waals surface area contributed by atoms with E-state index >= 15 is 0 Å². The van der Waals surface area contributed by atoms with E-state index in [1.54, 1.807) is 0 Å². The number of carbonyl (C=O) groups excluding carboxylic acids is 2. The van der Waals surface area contributed by atoms with Crippen molar-refractivity contribution >= 4 is 24.6 Å². The average molecular weight is 254 g/mol. The Kier molecular flexibility index (Phi) is 3.19. The van der Waals surface area contributed by atoms with Crippen LogP contribution in [0.15, 0.2) is 18.2 Å². The zero-order valence-electron chi connectivity index (χ0n) is 8.66. The molecule has 1 aliphatic rings. The van der Waals surface area contributed by atoms with Gasteiger partial charge in [-0.3, -0.25) is 0 Å². The number of ether oxygens (including phenoxy) is 1. The van der Waals surface area contributed by atoms with Gasteiger partial charge in [0, 0.05) is 5.75 Å². The van der Waals surface area contributed by atoms with E-state index in [1.165, 1.54) is 18.2 Å². The van der Waals surface area contributed by atoms with E-state index in [0.29, 0.717) is 5.56 Å². The summed E-state index contributed by atoms with van der Waals surface area (Å²) in [6.07, 6.45) is -2.19. The number of cyclic esters (lactones) is 2. The Morgan fingerprint density at radius 3 is 2.47 bits per heavy atom. The van der Waals surface area contributed by atoms with Crippen molar-refractivity contribution in [2.24, 2.45) is 0 Å². The van der Waals surface area contributed by atoms with Crippen LogP contribution in [0.3, 0.4) is 0 Å². The van der Waals surface area contributed by atoms with Crippen LogP contribution in [-0.4, -0.2) is 34.0 Å². The van der Waals surface area contributed by atoms with Gasteiger partial charge in [0.25, 0.3) is 0 Å². The maximum absolute atomic E-state index is 11.3. The largest absolute Gasteiger partial charge is 0.389 e. The van der Waals surface area contributed by atoms with Crippen molar-refractivity contribution in [2.75, 3.05) is 5.75 Å². The van der Waals surface area contributed by atoms with Crippen LogP contribution >= 0.6 is 12.6 Å². The number of fused-ring (bicyclic) bond motifs is 1. The zero-order valence-corrected chi connectivity index (χ0v) is 9.55. The van der Waals surface area contributed by atoms with Gasteiger partial charge in [-0.25, -0.2) is 9.59 Å². The van der Waals surface area contributed by atoms with Gasteiger partial charge in [-0.2, -0.15) is 12.6 Å². The molecule has 2 atom stereocenters. The molecule has 2 rings (SSSR count). The van der Waals surface area contributed by atoms with Crippen molar-refractivity contribution in [1.29, 1.82) is 0 Å². The van der Waals surface area contributed by atoms with Gasteiger partial charge in [0.05, 0.1) is 17.2 Å². The molecular weight excluding hydrogens is 244 g/mol. The molecule has 1 heterocycles. The Hall–Kier alpha value is -1.37. The first-order valence-electron chi connectivity index (χ1n) is 4.92. The highest BCUT2D eigenvalue weighted by Crippen LogP contribution is 2.25. The summed E-state index contributed by atoms with van der Waals surface area (Å²) in [5.41, 5.74) is 0.626. The summed E-state index contributed by atoms with van der Waals surface area (Å²) in [7, 11) is 0. The summed E-state index contributed by atoms with van der Waals surface area (Å²) in [4.78, 5) is 22.5. The predicted molar refractivity (Wildman–Crippen MR) is 61.0 cm³/mol. The van der Waals surface area contributed by atoms with Crippen LogP contribution in [0.5, 0.6) is 0 Å². The molecule has 1 aromatic rings. The molecule has 0 saturated carbocycles. The van der Waals surface area contributed by atoms with Crippen molar-refractivity contribution in [2.45, 2.75) is 12.2 Å². The van der Waals surface area contributed by atoms with Crippen LogP contribution in [0.2, 0.25) is 0 Å². The molecule has 0 radical (unpaired) electrons. The van der Waals surface area contributed by atoms with E-state index in [1.807, 2.05) is 0 Å². The van der Waals surface area contributed by atoms with E-state index in [4.69, 9.17) is 0 Å². The summed E-state index contributed by atoms with van der Waals surface area (Å²) >= 11 is 3.86. The first kappa shape index (κ1) is 12.1. The molecule has 17 heavy (non-hydrogen) atoms. The van der Waals surface area contributed by atoms with Crippen molar-refractivity contribution in [3.8, 4) is 0 Å². The molecule has 5 nitrogen and oxygen atoms in total. The number of hydrogen-bond acceptors (Lipinski definition) is 6. The zero-order chi connectivity index (χ0) is 12.6. The van der Waals surface area contributed by atoms with E-state index in [2.05, 4.69) is 17.4 Å². The van der Waals surface area contributed by atoms with Gasteiger partial charge in [-0.1, -0.05) is 6.07 Å². The predicted octanol–water partition coefficient (Wildman–Crippen LogP) is 0.321. The van der Waals surface area contributed by atoms with Crippen LogP contribution in [0.25, 0.3) is 0 Å². The van der Waals surface area contributed by atoms with E-state index in [9.17, 15) is 19.8 Å². The second kappa shape index (κ2) is 4.48. The number of hydrogen-bond donors (Lipinski definition) is 3. The minimum Gasteiger partial charge on any atom is -0.389 e. The Balaban J connectivity index is 2.38.